The van der Waals surface area contributed by atoms with Crippen molar-refractivity contribution in [1.29, 1.82) is 0 Å². The minimum absolute atomic E-state index is 0.502. The summed E-state index contributed by atoms with van der Waals surface area (Å²) in [6.45, 7) is 2.44. The van der Waals surface area contributed by atoms with E-state index in [4.69, 9.17) is 9.47 Å². The normalized spacial score (nSPS) is 9.64. The first-order chi connectivity index (χ1) is 6.72. The van der Waals surface area contributed by atoms with Crippen molar-refractivity contribution in [3.8, 4) is 11.5 Å². The standard InChI is InChI=1S/C10H11IO3/c1-3-14-9-5-8(11)4-7(6-12)10(9)13-2/h4-6H,3H2,1-2H3. The number of methoxy groups -OCH3 is 1. The lowest BCUT2D eigenvalue weighted by molar-refractivity contribution is 0.111. The molecule has 0 atom stereocenters. The summed E-state index contributed by atoms with van der Waals surface area (Å²) in [5.74, 6) is 1.12. The van der Waals surface area contributed by atoms with Crippen molar-refractivity contribution in [1.82, 2.24) is 0 Å². The molecule has 1 aromatic rings. The van der Waals surface area contributed by atoms with Gasteiger partial charge in [0.2, 0.25) is 0 Å². The van der Waals surface area contributed by atoms with E-state index in [1.165, 1.54) is 7.11 Å². The minimum Gasteiger partial charge on any atom is -0.492 e. The molecular formula is C10H11IO3. The molecule has 1 aromatic carbocycles. The van der Waals surface area contributed by atoms with E-state index < -0.39 is 0 Å². The van der Waals surface area contributed by atoms with Gasteiger partial charge in [-0.2, -0.15) is 0 Å². The average molecular weight is 306 g/mol. The van der Waals surface area contributed by atoms with Gasteiger partial charge in [0, 0.05) is 3.57 Å². The second-order valence-electron chi connectivity index (χ2n) is 2.58. The summed E-state index contributed by atoms with van der Waals surface area (Å²) >= 11 is 2.13. The molecule has 0 bridgehead atoms. The zero-order chi connectivity index (χ0) is 10.6. The molecule has 0 saturated carbocycles. The summed E-state index contributed by atoms with van der Waals surface area (Å²) in [5, 5.41) is 0. The van der Waals surface area contributed by atoms with Crippen molar-refractivity contribution in [2.45, 2.75) is 6.92 Å². The van der Waals surface area contributed by atoms with Crippen LogP contribution < -0.4 is 9.47 Å². The van der Waals surface area contributed by atoms with Gasteiger partial charge in [-0.05, 0) is 41.6 Å². The van der Waals surface area contributed by atoms with Gasteiger partial charge in [-0.25, -0.2) is 0 Å². The summed E-state index contributed by atoms with van der Waals surface area (Å²) in [6, 6.07) is 3.60. The fourth-order valence-corrected chi connectivity index (χ4v) is 1.78. The summed E-state index contributed by atoms with van der Waals surface area (Å²) in [7, 11) is 1.53. The van der Waals surface area contributed by atoms with Crippen LogP contribution in [0, 0.1) is 3.57 Å². The number of rotatable bonds is 4. The van der Waals surface area contributed by atoms with E-state index in [1.54, 1.807) is 6.07 Å². The number of carbonyl (C=O) groups is 1. The molecule has 0 amide bonds. The fraction of sp³-hybridized carbons (Fsp3) is 0.300. The third kappa shape index (κ3) is 2.37. The molecule has 1 rings (SSSR count). The van der Waals surface area contributed by atoms with Crippen LogP contribution in [0.2, 0.25) is 0 Å². The van der Waals surface area contributed by atoms with Crippen molar-refractivity contribution in [3.05, 3.63) is 21.3 Å². The van der Waals surface area contributed by atoms with Crippen LogP contribution in [-0.4, -0.2) is 20.0 Å². The number of halogens is 1. The molecular weight excluding hydrogens is 295 g/mol. The molecule has 0 aromatic heterocycles. The van der Waals surface area contributed by atoms with E-state index in [0.29, 0.717) is 23.7 Å². The Labute approximate surface area is 96.5 Å². The second-order valence-corrected chi connectivity index (χ2v) is 3.82. The first kappa shape index (κ1) is 11.3. The highest BCUT2D eigenvalue weighted by molar-refractivity contribution is 14.1. The molecule has 0 aliphatic rings. The van der Waals surface area contributed by atoms with Crippen LogP contribution in [-0.2, 0) is 0 Å². The largest absolute Gasteiger partial charge is 0.492 e. The van der Waals surface area contributed by atoms with E-state index in [2.05, 4.69) is 22.6 Å². The number of benzene rings is 1. The highest BCUT2D eigenvalue weighted by atomic mass is 127. The predicted octanol–water partition coefficient (Wildman–Crippen LogP) is 2.51. The van der Waals surface area contributed by atoms with Crippen molar-refractivity contribution < 1.29 is 14.3 Å². The maximum atomic E-state index is 10.8. The Balaban J connectivity index is 3.23. The van der Waals surface area contributed by atoms with E-state index in [1.807, 2.05) is 13.0 Å². The maximum Gasteiger partial charge on any atom is 0.171 e. The molecule has 0 unspecified atom stereocenters. The Morgan fingerprint density at radius 3 is 2.71 bits per heavy atom. The molecule has 0 radical (unpaired) electrons. The topological polar surface area (TPSA) is 35.5 Å². The zero-order valence-corrected chi connectivity index (χ0v) is 10.2. The van der Waals surface area contributed by atoms with Gasteiger partial charge in [-0.3, -0.25) is 4.79 Å². The van der Waals surface area contributed by atoms with Crippen LogP contribution in [0.1, 0.15) is 17.3 Å². The monoisotopic (exact) mass is 306 g/mol. The van der Waals surface area contributed by atoms with Gasteiger partial charge in [0.05, 0.1) is 19.3 Å². The van der Waals surface area contributed by atoms with Crippen LogP contribution in [0.3, 0.4) is 0 Å². The lowest BCUT2D eigenvalue weighted by atomic mass is 10.2. The van der Waals surface area contributed by atoms with Crippen LogP contribution >= 0.6 is 22.6 Å². The molecule has 0 fully saturated rings. The Hall–Kier alpha value is -0.780. The zero-order valence-electron chi connectivity index (χ0n) is 8.04. The highest BCUT2D eigenvalue weighted by Gasteiger charge is 2.10. The number of carbonyl (C=O) groups excluding carboxylic acids is 1. The number of ether oxygens (including phenoxy) is 2. The van der Waals surface area contributed by atoms with Crippen LogP contribution in [0.4, 0.5) is 0 Å². The molecule has 0 heterocycles. The molecule has 4 heteroatoms. The molecule has 14 heavy (non-hydrogen) atoms. The predicted molar refractivity (Wildman–Crippen MR) is 62.3 cm³/mol. The van der Waals surface area contributed by atoms with Gasteiger partial charge in [0.25, 0.3) is 0 Å². The summed E-state index contributed by atoms with van der Waals surface area (Å²) in [5.41, 5.74) is 0.517. The smallest absolute Gasteiger partial charge is 0.171 e. The van der Waals surface area contributed by atoms with Gasteiger partial charge in [-0.15, -0.1) is 0 Å². The van der Waals surface area contributed by atoms with E-state index in [0.717, 1.165) is 9.86 Å². The van der Waals surface area contributed by atoms with Gasteiger partial charge >= 0.3 is 0 Å². The lowest BCUT2D eigenvalue weighted by Crippen LogP contribution is -1.99. The van der Waals surface area contributed by atoms with Crippen LogP contribution in [0.25, 0.3) is 0 Å². The maximum absolute atomic E-state index is 10.8. The van der Waals surface area contributed by atoms with E-state index in [-0.39, 0.29) is 0 Å². The molecule has 0 aliphatic heterocycles. The van der Waals surface area contributed by atoms with Gasteiger partial charge in [0.1, 0.15) is 0 Å². The molecule has 0 saturated heterocycles. The van der Waals surface area contributed by atoms with Gasteiger partial charge in [-0.1, -0.05) is 0 Å². The fourth-order valence-electron chi connectivity index (χ4n) is 1.16. The molecule has 0 N–H and O–H groups in total. The van der Waals surface area contributed by atoms with Crippen molar-refractivity contribution in [2.75, 3.05) is 13.7 Å². The van der Waals surface area contributed by atoms with Gasteiger partial charge in [0.15, 0.2) is 17.8 Å². The van der Waals surface area contributed by atoms with E-state index >= 15 is 0 Å². The average Bonchev–Trinajstić information content (AvgIpc) is 2.17. The van der Waals surface area contributed by atoms with E-state index in [9.17, 15) is 4.79 Å². The highest BCUT2D eigenvalue weighted by Crippen LogP contribution is 2.32. The lowest BCUT2D eigenvalue weighted by Gasteiger charge is -2.11. The quantitative estimate of drug-likeness (QED) is 0.633. The summed E-state index contributed by atoms with van der Waals surface area (Å²) in [6.07, 6.45) is 0.767. The Bertz CT molecular complexity index is 336. The van der Waals surface area contributed by atoms with Crippen molar-refractivity contribution in [2.24, 2.45) is 0 Å². The summed E-state index contributed by atoms with van der Waals surface area (Å²) < 4.78 is 11.4. The van der Waals surface area contributed by atoms with Gasteiger partial charge < -0.3 is 9.47 Å². The second kappa shape index (κ2) is 5.19. The van der Waals surface area contributed by atoms with Crippen LogP contribution in [0.5, 0.6) is 11.5 Å². The Kier molecular flexibility index (Phi) is 4.19. The third-order valence-corrected chi connectivity index (χ3v) is 2.30. The van der Waals surface area contributed by atoms with Crippen LogP contribution in [0.15, 0.2) is 12.1 Å². The minimum atomic E-state index is 0.502. The number of aldehydes is 1. The molecule has 3 nitrogen and oxygen atoms in total. The van der Waals surface area contributed by atoms with Crippen molar-refractivity contribution >= 4 is 28.9 Å². The third-order valence-electron chi connectivity index (χ3n) is 1.68. The Morgan fingerprint density at radius 1 is 1.50 bits per heavy atom. The number of hydrogen-bond donors (Lipinski definition) is 0. The molecule has 0 spiro atoms. The first-order valence-electron chi connectivity index (χ1n) is 4.18. The summed E-state index contributed by atoms with van der Waals surface area (Å²) in [4.78, 5) is 10.8. The Morgan fingerprint density at radius 2 is 2.21 bits per heavy atom. The van der Waals surface area contributed by atoms with Crippen molar-refractivity contribution in [3.63, 3.8) is 0 Å². The molecule has 0 aliphatic carbocycles. The number of hydrogen-bond acceptors (Lipinski definition) is 3. The first-order valence-corrected chi connectivity index (χ1v) is 5.26. The SMILES string of the molecule is CCOc1cc(I)cc(C=O)c1OC. The molecule has 76 valence electrons.